The van der Waals surface area contributed by atoms with Crippen molar-refractivity contribution >= 4 is 20.6 Å². The Morgan fingerprint density at radius 3 is 1.83 bits per heavy atom. The summed E-state index contributed by atoms with van der Waals surface area (Å²) >= 11 is 0. The largest absolute Gasteiger partial charge is 0.522 e. The minimum atomic E-state index is -3.06. The van der Waals surface area contributed by atoms with E-state index in [1.54, 1.807) is 24.3 Å². The number of hydrogen-bond donors (Lipinski definition) is 0. The van der Waals surface area contributed by atoms with Gasteiger partial charge >= 0.3 is 8.80 Å². The Labute approximate surface area is 135 Å². The van der Waals surface area contributed by atoms with Gasteiger partial charge in [-0.3, -0.25) is 19.4 Å². The van der Waals surface area contributed by atoms with Gasteiger partial charge in [0, 0.05) is 19.6 Å². The molecule has 0 N–H and O–H groups in total. The highest BCUT2D eigenvalue weighted by Crippen LogP contribution is 2.26. The van der Waals surface area contributed by atoms with E-state index in [2.05, 4.69) is 4.90 Å². The lowest BCUT2D eigenvalue weighted by Gasteiger charge is -2.39. The number of nitrogens with zero attached hydrogens (tertiary/aromatic N) is 2. The molecule has 2 bridgehead atoms. The lowest BCUT2D eigenvalue weighted by Crippen LogP contribution is -2.61. The van der Waals surface area contributed by atoms with Crippen LogP contribution in [-0.2, 0) is 13.3 Å². The first-order valence-corrected chi connectivity index (χ1v) is 9.71. The summed E-state index contributed by atoms with van der Waals surface area (Å²) in [6, 6.07) is 6.86. The van der Waals surface area contributed by atoms with Crippen molar-refractivity contribution < 1.29 is 22.9 Å². The molecule has 7 nitrogen and oxygen atoms in total. The van der Waals surface area contributed by atoms with Gasteiger partial charge in [0.25, 0.3) is 11.8 Å². The van der Waals surface area contributed by atoms with Crippen LogP contribution in [0.5, 0.6) is 0 Å². The van der Waals surface area contributed by atoms with Gasteiger partial charge in [-0.1, -0.05) is 12.1 Å². The van der Waals surface area contributed by atoms with Gasteiger partial charge in [-0.05, 0) is 12.1 Å². The van der Waals surface area contributed by atoms with E-state index >= 15 is 0 Å². The molecule has 2 amide bonds. The van der Waals surface area contributed by atoms with E-state index in [9.17, 15) is 9.59 Å². The molecule has 4 aliphatic heterocycles. The van der Waals surface area contributed by atoms with E-state index in [1.807, 2.05) is 0 Å². The Morgan fingerprint density at radius 1 is 0.870 bits per heavy atom. The number of hydrogen-bond acceptors (Lipinski definition) is 6. The van der Waals surface area contributed by atoms with Crippen molar-refractivity contribution in [3.05, 3.63) is 35.4 Å². The average molecular weight is 334 g/mol. The van der Waals surface area contributed by atoms with Crippen LogP contribution in [0.15, 0.2) is 24.3 Å². The summed E-state index contributed by atoms with van der Waals surface area (Å²) in [6.45, 7) is 3.96. The van der Waals surface area contributed by atoms with Crippen molar-refractivity contribution in [1.29, 1.82) is 0 Å². The second-order valence-corrected chi connectivity index (χ2v) is 8.36. The van der Waals surface area contributed by atoms with Crippen LogP contribution in [0.4, 0.5) is 0 Å². The normalized spacial score (nSPS) is 30.8. The van der Waals surface area contributed by atoms with Crippen LogP contribution < -0.4 is 0 Å². The summed E-state index contributed by atoms with van der Waals surface area (Å²) in [5.74, 6) is -0.594. The van der Waals surface area contributed by atoms with E-state index in [-0.39, 0.29) is 18.0 Å². The fraction of sp³-hybridized carbons (Fsp3) is 0.467. The topological polar surface area (TPSA) is 68.3 Å². The van der Waals surface area contributed by atoms with Crippen molar-refractivity contribution in [2.24, 2.45) is 0 Å². The monoisotopic (exact) mass is 334 g/mol. The maximum Gasteiger partial charge on any atom is 0.522 e. The third-order valence-electron chi connectivity index (χ3n) is 4.42. The third kappa shape index (κ3) is 2.62. The molecule has 0 aromatic heterocycles. The molecular weight excluding hydrogens is 316 g/mol. The molecule has 0 unspecified atom stereocenters. The van der Waals surface area contributed by atoms with Crippen molar-refractivity contribution in [3.8, 4) is 0 Å². The number of benzene rings is 1. The first kappa shape index (κ1) is 15.0. The van der Waals surface area contributed by atoms with Crippen LogP contribution >= 0.6 is 0 Å². The summed E-state index contributed by atoms with van der Waals surface area (Å²) in [5.41, 5.74) is 0.872. The van der Waals surface area contributed by atoms with E-state index in [0.29, 0.717) is 30.9 Å². The van der Waals surface area contributed by atoms with Gasteiger partial charge in [-0.15, -0.1) is 0 Å². The Kier molecular flexibility index (Phi) is 3.78. The van der Waals surface area contributed by atoms with Gasteiger partial charge in [-0.25, -0.2) is 0 Å². The van der Waals surface area contributed by atoms with Crippen molar-refractivity contribution in [2.45, 2.75) is 0 Å². The molecule has 4 heterocycles. The first-order valence-electron chi connectivity index (χ1n) is 7.78. The summed E-state index contributed by atoms with van der Waals surface area (Å²) in [7, 11) is -3.06. The number of imide groups is 1. The summed E-state index contributed by atoms with van der Waals surface area (Å²) in [6.07, 6.45) is 0.0827. The highest BCUT2D eigenvalue weighted by molar-refractivity contribution is 6.61. The second kappa shape index (κ2) is 5.80. The van der Waals surface area contributed by atoms with E-state index in [0.717, 1.165) is 19.6 Å². The predicted octanol–water partition coefficient (Wildman–Crippen LogP) is 0.140. The zero-order chi connectivity index (χ0) is 15.9. The molecule has 23 heavy (non-hydrogen) atoms. The van der Waals surface area contributed by atoms with Gasteiger partial charge in [0.2, 0.25) is 0 Å². The standard InChI is InChI=1S/C15H18N2O5Si/c18-14-12-3-1-2-4-13(12)15(19)17(14)11-23-20-8-5-16(6-9-21-23)7-10-22-23/h1-4H,5-11H2. The van der Waals surface area contributed by atoms with Gasteiger partial charge in [0.15, 0.2) is 0 Å². The van der Waals surface area contributed by atoms with E-state index < -0.39 is 8.80 Å². The second-order valence-electron chi connectivity index (χ2n) is 5.81. The smallest absolute Gasteiger partial charge is 0.371 e. The fourth-order valence-electron chi connectivity index (χ4n) is 3.16. The summed E-state index contributed by atoms with van der Waals surface area (Å²) in [5, 5.41) is 0. The van der Waals surface area contributed by atoms with Crippen LogP contribution in [0.25, 0.3) is 0 Å². The molecule has 122 valence electrons. The molecule has 4 aliphatic rings. The van der Waals surface area contributed by atoms with Crippen LogP contribution in [0.3, 0.4) is 0 Å². The number of carbonyl (C=O) groups excluding carboxylic acids is 2. The zero-order valence-corrected chi connectivity index (χ0v) is 13.7. The maximum atomic E-state index is 12.5. The van der Waals surface area contributed by atoms with E-state index in [4.69, 9.17) is 13.3 Å². The molecule has 0 aliphatic carbocycles. The molecule has 0 atom stereocenters. The summed E-state index contributed by atoms with van der Waals surface area (Å²) in [4.78, 5) is 28.5. The van der Waals surface area contributed by atoms with Crippen LogP contribution in [0.1, 0.15) is 20.7 Å². The lowest BCUT2D eigenvalue weighted by atomic mass is 10.1. The minimum Gasteiger partial charge on any atom is -0.371 e. The molecule has 1 aromatic carbocycles. The highest BCUT2D eigenvalue weighted by atomic mass is 28.4. The Bertz CT molecular complexity index is 591. The van der Waals surface area contributed by atoms with Gasteiger partial charge < -0.3 is 13.3 Å². The molecule has 5 rings (SSSR count). The summed E-state index contributed by atoms with van der Waals surface area (Å²) < 4.78 is 17.7. The Balaban J connectivity index is 1.59. The molecule has 1 aromatic rings. The van der Waals surface area contributed by atoms with Gasteiger partial charge in [0.05, 0.1) is 37.1 Å². The lowest BCUT2D eigenvalue weighted by molar-refractivity contribution is -0.0140. The molecule has 0 radical (unpaired) electrons. The quantitative estimate of drug-likeness (QED) is 0.566. The molecular formula is C15H18N2O5Si. The first-order chi connectivity index (χ1) is 11.2. The average Bonchev–Trinajstić information content (AvgIpc) is 2.73. The Morgan fingerprint density at radius 2 is 1.35 bits per heavy atom. The maximum absolute atomic E-state index is 12.5. The molecule has 3 saturated heterocycles. The predicted molar refractivity (Wildman–Crippen MR) is 81.9 cm³/mol. The Hall–Kier alpha value is -1.58. The van der Waals surface area contributed by atoms with Crippen LogP contribution in [-0.4, -0.2) is 76.0 Å². The molecule has 8 heteroatoms. The molecule has 3 fully saturated rings. The van der Waals surface area contributed by atoms with Gasteiger partial charge in [-0.2, -0.15) is 0 Å². The van der Waals surface area contributed by atoms with Crippen LogP contribution in [0, 0.1) is 0 Å². The minimum absolute atomic E-state index is 0.0827. The molecule has 0 saturated carbocycles. The van der Waals surface area contributed by atoms with Crippen molar-refractivity contribution in [2.75, 3.05) is 45.6 Å². The number of carbonyl (C=O) groups is 2. The van der Waals surface area contributed by atoms with E-state index in [1.165, 1.54) is 4.90 Å². The van der Waals surface area contributed by atoms with Gasteiger partial charge in [0.1, 0.15) is 0 Å². The van der Waals surface area contributed by atoms with Crippen LogP contribution in [0.2, 0.25) is 0 Å². The SMILES string of the molecule is O=C1c2ccccc2C(=O)N1C[Si]12OCCN(CCO1)CCO2. The number of fused-ring (bicyclic) bond motifs is 7. The molecule has 0 spiro atoms. The van der Waals surface area contributed by atoms with Crippen molar-refractivity contribution in [1.82, 2.24) is 9.80 Å². The number of rotatable bonds is 2. The zero-order valence-electron chi connectivity index (χ0n) is 12.7. The number of amides is 2. The highest BCUT2D eigenvalue weighted by Gasteiger charge is 2.50. The third-order valence-corrected chi connectivity index (χ3v) is 7.05. The van der Waals surface area contributed by atoms with Crippen molar-refractivity contribution in [3.63, 3.8) is 0 Å². The fourth-order valence-corrected chi connectivity index (χ4v) is 5.57.